The fourth-order valence-corrected chi connectivity index (χ4v) is 4.98. The van der Waals surface area contributed by atoms with E-state index in [1.807, 2.05) is 0 Å². The zero-order chi connectivity index (χ0) is 14.0. The van der Waals surface area contributed by atoms with Crippen LogP contribution in [0.2, 0.25) is 4.34 Å². The van der Waals surface area contributed by atoms with Gasteiger partial charge in [-0.15, -0.1) is 11.3 Å². The molecular weight excluding hydrogens is 310 g/mol. The number of thiophene rings is 1. The SMILES string of the molecule is O=C(O)C1CCC(NS(=O)(=O)c2ccc(Cl)s2)CC1. The Kier molecular flexibility index (Phi) is 4.50. The molecule has 106 valence electrons. The molecule has 1 fully saturated rings. The highest BCUT2D eigenvalue weighted by molar-refractivity contribution is 7.91. The van der Waals surface area contributed by atoms with E-state index in [9.17, 15) is 13.2 Å². The fraction of sp³-hybridized carbons (Fsp3) is 0.545. The van der Waals surface area contributed by atoms with Crippen molar-refractivity contribution in [3.8, 4) is 0 Å². The molecule has 8 heteroatoms. The molecule has 0 bridgehead atoms. The molecule has 1 saturated carbocycles. The molecule has 5 nitrogen and oxygen atoms in total. The Labute approximate surface area is 120 Å². The normalized spacial score (nSPS) is 24.3. The van der Waals surface area contributed by atoms with Gasteiger partial charge in [0.15, 0.2) is 0 Å². The summed E-state index contributed by atoms with van der Waals surface area (Å²) in [5.41, 5.74) is 0. The second-order valence-corrected chi connectivity index (χ2v) is 8.22. The van der Waals surface area contributed by atoms with Gasteiger partial charge in [0, 0.05) is 6.04 Å². The number of carbonyl (C=O) groups is 1. The second-order valence-electron chi connectivity index (χ2n) is 4.57. The lowest BCUT2D eigenvalue weighted by atomic mass is 9.87. The van der Waals surface area contributed by atoms with Crippen LogP contribution in [0.5, 0.6) is 0 Å². The molecule has 2 N–H and O–H groups in total. The number of hydrogen-bond acceptors (Lipinski definition) is 4. The van der Waals surface area contributed by atoms with Crippen molar-refractivity contribution in [2.75, 3.05) is 0 Å². The minimum atomic E-state index is -3.54. The quantitative estimate of drug-likeness (QED) is 0.890. The monoisotopic (exact) mass is 323 g/mol. The van der Waals surface area contributed by atoms with Crippen LogP contribution < -0.4 is 4.72 Å². The fourth-order valence-electron chi connectivity index (χ4n) is 2.18. The molecule has 0 atom stereocenters. The maximum atomic E-state index is 12.1. The summed E-state index contributed by atoms with van der Waals surface area (Å²) in [5, 5.41) is 8.89. The van der Waals surface area contributed by atoms with Crippen LogP contribution in [0.3, 0.4) is 0 Å². The van der Waals surface area contributed by atoms with Gasteiger partial charge >= 0.3 is 5.97 Å². The molecular formula is C11H14ClNO4S2. The summed E-state index contributed by atoms with van der Waals surface area (Å²) in [6.45, 7) is 0. The minimum Gasteiger partial charge on any atom is -0.481 e. The topological polar surface area (TPSA) is 83.5 Å². The molecule has 1 aromatic rings. The number of nitrogens with one attached hydrogen (secondary N) is 1. The van der Waals surface area contributed by atoms with Crippen molar-refractivity contribution in [1.29, 1.82) is 0 Å². The van der Waals surface area contributed by atoms with Crippen LogP contribution in [0.1, 0.15) is 25.7 Å². The molecule has 0 radical (unpaired) electrons. The zero-order valence-corrected chi connectivity index (χ0v) is 12.4. The van der Waals surface area contributed by atoms with E-state index in [0.29, 0.717) is 30.0 Å². The summed E-state index contributed by atoms with van der Waals surface area (Å²) in [6, 6.07) is 2.82. The Morgan fingerprint density at radius 3 is 2.42 bits per heavy atom. The predicted molar refractivity (Wildman–Crippen MR) is 73.0 cm³/mol. The lowest BCUT2D eigenvalue weighted by Gasteiger charge is -2.26. The third-order valence-corrected chi connectivity index (χ3v) is 6.46. The van der Waals surface area contributed by atoms with Gasteiger partial charge in [0.2, 0.25) is 10.0 Å². The van der Waals surface area contributed by atoms with Gasteiger partial charge in [0.25, 0.3) is 0 Å². The molecule has 0 amide bonds. The van der Waals surface area contributed by atoms with Crippen molar-refractivity contribution < 1.29 is 18.3 Å². The number of aliphatic carboxylic acids is 1. The first-order valence-electron chi connectivity index (χ1n) is 5.89. The first-order valence-corrected chi connectivity index (χ1v) is 8.57. The van der Waals surface area contributed by atoms with Gasteiger partial charge in [0.05, 0.1) is 10.3 Å². The van der Waals surface area contributed by atoms with Crippen molar-refractivity contribution in [3.05, 3.63) is 16.5 Å². The molecule has 0 spiro atoms. The van der Waals surface area contributed by atoms with Crippen molar-refractivity contribution in [2.24, 2.45) is 5.92 Å². The average molecular weight is 324 g/mol. The molecule has 1 aliphatic carbocycles. The van der Waals surface area contributed by atoms with Gasteiger partial charge in [-0.05, 0) is 37.8 Å². The Balaban J connectivity index is 1.97. The van der Waals surface area contributed by atoms with E-state index in [4.69, 9.17) is 16.7 Å². The van der Waals surface area contributed by atoms with Gasteiger partial charge in [-0.25, -0.2) is 13.1 Å². The van der Waals surface area contributed by atoms with Gasteiger partial charge in [-0.2, -0.15) is 0 Å². The van der Waals surface area contributed by atoms with Crippen LogP contribution >= 0.6 is 22.9 Å². The summed E-state index contributed by atoms with van der Waals surface area (Å²) in [5.74, 6) is -1.15. The van der Waals surface area contributed by atoms with Crippen LogP contribution in [0.4, 0.5) is 0 Å². The number of sulfonamides is 1. The summed E-state index contributed by atoms with van der Waals surface area (Å²) >= 11 is 6.73. The average Bonchev–Trinajstić information content (AvgIpc) is 2.77. The number of halogens is 1. The highest BCUT2D eigenvalue weighted by atomic mass is 35.5. The maximum Gasteiger partial charge on any atom is 0.306 e. The molecule has 0 unspecified atom stereocenters. The summed E-state index contributed by atoms with van der Waals surface area (Å²) in [6.07, 6.45) is 2.12. The molecule has 1 aliphatic rings. The number of carboxylic acid groups (broad SMARTS) is 1. The smallest absolute Gasteiger partial charge is 0.306 e. The number of rotatable bonds is 4. The van der Waals surface area contributed by atoms with Crippen LogP contribution in [0.15, 0.2) is 16.3 Å². The van der Waals surface area contributed by atoms with E-state index in [1.165, 1.54) is 6.07 Å². The van der Waals surface area contributed by atoms with Crippen molar-refractivity contribution in [2.45, 2.75) is 35.9 Å². The van der Waals surface area contributed by atoms with E-state index >= 15 is 0 Å². The van der Waals surface area contributed by atoms with Crippen LogP contribution in [-0.4, -0.2) is 25.5 Å². The molecule has 1 aromatic heterocycles. The van der Waals surface area contributed by atoms with Crippen LogP contribution in [0, 0.1) is 5.92 Å². The standard InChI is InChI=1S/C11H14ClNO4S2/c12-9-5-6-10(18-9)19(16,17)13-8-3-1-7(2-4-8)11(14)15/h5-8,13H,1-4H2,(H,14,15). The third kappa shape index (κ3) is 3.68. The number of hydrogen-bond donors (Lipinski definition) is 2. The van der Waals surface area contributed by atoms with E-state index in [0.717, 1.165) is 11.3 Å². The molecule has 0 aromatic carbocycles. The zero-order valence-electron chi connectivity index (χ0n) is 10.0. The van der Waals surface area contributed by atoms with E-state index < -0.39 is 16.0 Å². The Hall–Kier alpha value is -0.630. The van der Waals surface area contributed by atoms with Crippen molar-refractivity contribution >= 4 is 38.9 Å². The van der Waals surface area contributed by atoms with Gasteiger partial charge < -0.3 is 5.11 Å². The minimum absolute atomic E-state index is 0.192. The lowest BCUT2D eigenvalue weighted by Crippen LogP contribution is -2.38. The molecule has 19 heavy (non-hydrogen) atoms. The maximum absolute atomic E-state index is 12.1. The second kappa shape index (κ2) is 5.78. The largest absolute Gasteiger partial charge is 0.481 e. The third-order valence-electron chi connectivity index (χ3n) is 3.21. The lowest BCUT2D eigenvalue weighted by molar-refractivity contribution is -0.142. The van der Waals surface area contributed by atoms with E-state index in [-0.39, 0.29) is 16.2 Å². The van der Waals surface area contributed by atoms with Crippen LogP contribution in [-0.2, 0) is 14.8 Å². The first kappa shape index (κ1) is 14.8. The van der Waals surface area contributed by atoms with E-state index in [1.54, 1.807) is 6.07 Å². The van der Waals surface area contributed by atoms with Gasteiger partial charge in [-0.1, -0.05) is 11.6 Å². The van der Waals surface area contributed by atoms with Crippen molar-refractivity contribution in [1.82, 2.24) is 4.72 Å². The molecule has 1 heterocycles. The van der Waals surface area contributed by atoms with Crippen LogP contribution in [0.25, 0.3) is 0 Å². The van der Waals surface area contributed by atoms with Gasteiger partial charge in [0.1, 0.15) is 4.21 Å². The first-order chi connectivity index (χ1) is 8.88. The van der Waals surface area contributed by atoms with Crippen molar-refractivity contribution in [3.63, 3.8) is 0 Å². The molecule has 0 saturated heterocycles. The molecule has 2 rings (SSSR count). The van der Waals surface area contributed by atoms with E-state index in [2.05, 4.69) is 4.72 Å². The Morgan fingerprint density at radius 2 is 1.95 bits per heavy atom. The summed E-state index contributed by atoms with van der Waals surface area (Å²) < 4.78 is 27.3. The highest BCUT2D eigenvalue weighted by Crippen LogP contribution is 2.28. The predicted octanol–water partition coefficient (Wildman–Crippen LogP) is 2.32. The Bertz CT molecular complexity index is 561. The molecule has 0 aliphatic heterocycles. The van der Waals surface area contributed by atoms with Gasteiger partial charge in [-0.3, -0.25) is 4.79 Å². The summed E-state index contributed by atoms with van der Waals surface area (Å²) in [4.78, 5) is 10.8. The Morgan fingerprint density at radius 1 is 1.32 bits per heavy atom. The summed E-state index contributed by atoms with van der Waals surface area (Å²) in [7, 11) is -3.54. The number of carboxylic acids is 1. The highest BCUT2D eigenvalue weighted by Gasteiger charge is 2.29.